The van der Waals surface area contributed by atoms with Gasteiger partial charge < -0.3 is 9.73 Å². The number of furan rings is 1. The second kappa shape index (κ2) is 9.95. The highest BCUT2D eigenvalue weighted by Crippen LogP contribution is 2.34. The first-order chi connectivity index (χ1) is 16.6. The van der Waals surface area contributed by atoms with Crippen LogP contribution >= 0.6 is 11.3 Å². The topological polar surface area (TPSA) is 78.2 Å². The Morgan fingerprint density at radius 3 is 2.65 bits per heavy atom. The normalized spacial score (nSPS) is 19.3. The summed E-state index contributed by atoms with van der Waals surface area (Å²) in [6, 6.07) is 15.3. The maximum atomic E-state index is 13.3. The van der Waals surface area contributed by atoms with Gasteiger partial charge in [-0.2, -0.15) is 5.10 Å². The van der Waals surface area contributed by atoms with Gasteiger partial charge in [-0.1, -0.05) is 24.3 Å². The van der Waals surface area contributed by atoms with Crippen molar-refractivity contribution in [3.05, 3.63) is 81.9 Å². The van der Waals surface area contributed by atoms with Crippen LogP contribution in [0, 0.1) is 6.92 Å². The Bertz CT molecular complexity index is 1160. The van der Waals surface area contributed by atoms with Gasteiger partial charge in [-0.25, -0.2) is 5.01 Å². The molecule has 0 bridgehead atoms. The van der Waals surface area contributed by atoms with Crippen molar-refractivity contribution in [3.63, 3.8) is 0 Å². The fourth-order valence-electron chi connectivity index (χ4n) is 4.62. The molecule has 34 heavy (non-hydrogen) atoms. The molecule has 0 saturated carbocycles. The monoisotopic (exact) mass is 476 g/mol. The fraction of sp³-hybridized carbons (Fsp3) is 0.346. The van der Waals surface area contributed by atoms with Crippen molar-refractivity contribution in [3.8, 4) is 0 Å². The van der Waals surface area contributed by atoms with Crippen LogP contribution in [-0.2, 0) is 4.79 Å². The number of carbonyl (C=O) groups excluding carboxylic acids is 2. The van der Waals surface area contributed by atoms with Crippen molar-refractivity contribution >= 4 is 28.9 Å². The summed E-state index contributed by atoms with van der Waals surface area (Å²) in [7, 11) is 0. The standard InChI is InChI=1S/C26H28N4O3S/c1-18-6-2-3-7-20(18)26(32)27-19-10-12-29(13-11-19)17-25(31)30-22(23-8-4-14-33-23)16-21(28-30)24-9-5-15-34-24/h2-9,14-15,19,22H,10-13,16-17H2,1H3,(H,27,32). The average molecular weight is 477 g/mol. The summed E-state index contributed by atoms with van der Waals surface area (Å²) in [6.45, 7) is 3.76. The summed E-state index contributed by atoms with van der Waals surface area (Å²) in [4.78, 5) is 29.2. The van der Waals surface area contributed by atoms with Crippen LogP contribution in [0.3, 0.4) is 0 Å². The number of likely N-dealkylation sites (tertiary alicyclic amines) is 1. The minimum absolute atomic E-state index is 0.0265. The zero-order valence-electron chi connectivity index (χ0n) is 19.1. The van der Waals surface area contributed by atoms with E-state index in [0.29, 0.717) is 13.0 Å². The summed E-state index contributed by atoms with van der Waals surface area (Å²) in [5.74, 6) is 0.693. The van der Waals surface area contributed by atoms with Crippen LogP contribution in [0.2, 0.25) is 0 Å². The summed E-state index contributed by atoms with van der Waals surface area (Å²) in [6.07, 6.45) is 3.91. The lowest BCUT2D eigenvalue weighted by Crippen LogP contribution is -2.47. The minimum Gasteiger partial charge on any atom is -0.467 e. The number of hydrogen-bond donors (Lipinski definition) is 1. The van der Waals surface area contributed by atoms with Gasteiger partial charge in [0.1, 0.15) is 11.8 Å². The number of amides is 2. The van der Waals surface area contributed by atoms with E-state index >= 15 is 0 Å². The maximum Gasteiger partial charge on any atom is 0.257 e. The van der Waals surface area contributed by atoms with Gasteiger partial charge in [0, 0.05) is 31.1 Å². The summed E-state index contributed by atoms with van der Waals surface area (Å²) in [5, 5.41) is 11.5. The molecular formula is C26H28N4O3S. The van der Waals surface area contributed by atoms with Gasteiger partial charge in [-0.15, -0.1) is 11.3 Å². The summed E-state index contributed by atoms with van der Waals surface area (Å²) < 4.78 is 5.63. The molecule has 1 aromatic carbocycles. The lowest BCUT2D eigenvalue weighted by Gasteiger charge is -2.33. The van der Waals surface area contributed by atoms with E-state index < -0.39 is 0 Å². The lowest BCUT2D eigenvalue weighted by atomic mass is 10.0. The third-order valence-electron chi connectivity index (χ3n) is 6.51. The van der Waals surface area contributed by atoms with E-state index in [4.69, 9.17) is 9.52 Å². The number of aryl methyl sites for hydroxylation is 1. The fourth-order valence-corrected chi connectivity index (χ4v) is 5.35. The van der Waals surface area contributed by atoms with Gasteiger partial charge >= 0.3 is 0 Å². The molecule has 8 heteroatoms. The third-order valence-corrected chi connectivity index (χ3v) is 7.43. The number of hydrazone groups is 1. The Hall–Kier alpha value is -3.23. The SMILES string of the molecule is Cc1ccccc1C(=O)NC1CCN(CC(=O)N2N=C(c3cccs3)CC2c2ccco2)CC1. The van der Waals surface area contributed by atoms with E-state index in [-0.39, 0.29) is 23.9 Å². The highest BCUT2D eigenvalue weighted by Gasteiger charge is 2.36. The van der Waals surface area contributed by atoms with Crippen molar-refractivity contribution in [2.24, 2.45) is 5.10 Å². The van der Waals surface area contributed by atoms with Crippen molar-refractivity contribution in [2.75, 3.05) is 19.6 Å². The van der Waals surface area contributed by atoms with Crippen LogP contribution in [0.5, 0.6) is 0 Å². The first-order valence-electron chi connectivity index (χ1n) is 11.6. The molecule has 1 N–H and O–H groups in total. The maximum absolute atomic E-state index is 13.3. The predicted molar refractivity (Wildman–Crippen MR) is 132 cm³/mol. The van der Waals surface area contributed by atoms with E-state index in [1.165, 1.54) is 0 Å². The van der Waals surface area contributed by atoms with Crippen molar-refractivity contribution in [1.29, 1.82) is 0 Å². The largest absolute Gasteiger partial charge is 0.467 e. The van der Waals surface area contributed by atoms with Gasteiger partial charge in [0.15, 0.2) is 0 Å². The molecule has 2 aliphatic rings. The molecule has 0 radical (unpaired) electrons. The van der Waals surface area contributed by atoms with Crippen molar-refractivity contribution in [1.82, 2.24) is 15.2 Å². The predicted octanol–water partition coefficient (Wildman–Crippen LogP) is 4.22. The first-order valence-corrected chi connectivity index (χ1v) is 12.5. The van der Waals surface area contributed by atoms with E-state index in [0.717, 1.165) is 53.4 Å². The molecule has 3 aromatic rings. The number of rotatable bonds is 6. The number of nitrogens with one attached hydrogen (secondary N) is 1. The first kappa shape index (κ1) is 22.6. The minimum atomic E-state index is -0.217. The molecule has 0 spiro atoms. The van der Waals surface area contributed by atoms with Crippen molar-refractivity contribution in [2.45, 2.75) is 38.3 Å². The van der Waals surface area contributed by atoms with Crippen molar-refractivity contribution < 1.29 is 14.0 Å². The Balaban J connectivity index is 1.19. The lowest BCUT2D eigenvalue weighted by molar-refractivity contribution is -0.134. The zero-order chi connectivity index (χ0) is 23.5. The smallest absolute Gasteiger partial charge is 0.257 e. The molecule has 4 heterocycles. The number of nitrogens with zero attached hydrogens (tertiary/aromatic N) is 3. The number of carbonyl (C=O) groups is 2. The van der Waals surface area contributed by atoms with Crippen LogP contribution in [-0.4, -0.2) is 53.1 Å². The van der Waals surface area contributed by atoms with Crippen LogP contribution in [0.1, 0.15) is 51.9 Å². The molecule has 2 amide bonds. The highest BCUT2D eigenvalue weighted by atomic mass is 32.1. The van der Waals surface area contributed by atoms with Gasteiger partial charge in [0.25, 0.3) is 11.8 Å². The summed E-state index contributed by atoms with van der Waals surface area (Å²) >= 11 is 1.63. The molecule has 0 aliphatic carbocycles. The third kappa shape index (κ3) is 4.83. The second-order valence-electron chi connectivity index (χ2n) is 8.84. The molecule has 1 unspecified atom stereocenters. The Morgan fingerprint density at radius 1 is 1.12 bits per heavy atom. The van der Waals surface area contributed by atoms with Gasteiger partial charge in [-0.05, 0) is 55.0 Å². The van der Waals surface area contributed by atoms with Gasteiger partial charge in [0.2, 0.25) is 0 Å². The number of hydrogen-bond acceptors (Lipinski definition) is 6. The van der Waals surface area contributed by atoms with E-state index in [1.807, 2.05) is 60.8 Å². The van der Waals surface area contributed by atoms with E-state index in [9.17, 15) is 9.59 Å². The molecule has 2 aliphatic heterocycles. The van der Waals surface area contributed by atoms with Crippen LogP contribution in [0.15, 0.2) is 69.7 Å². The molecule has 7 nitrogen and oxygen atoms in total. The van der Waals surface area contributed by atoms with Gasteiger partial charge in [0.05, 0.1) is 23.4 Å². The number of piperidine rings is 1. The Kier molecular flexibility index (Phi) is 6.60. The molecule has 5 rings (SSSR count). The zero-order valence-corrected chi connectivity index (χ0v) is 20.0. The van der Waals surface area contributed by atoms with Gasteiger partial charge in [-0.3, -0.25) is 14.5 Å². The number of thiophene rings is 1. The molecule has 2 aromatic heterocycles. The highest BCUT2D eigenvalue weighted by molar-refractivity contribution is 7.12. The van der Waals surface area contributed by atoms with Crippen LogP contribution in [0.25, 0.3) is 0 Å². The molecule has 176 valence electrons. The van der Waals surface area contributed by atoms with E-state index in [2.05, 4.69) is 10.2 Å². The molecular weight excluding hydrogens is 448 g/mol. The molecule has 1 atom stereocenters. The molecule has 1 fully saturated rings. The Morgan fingerprint density at radius 2 is 1.94 bits per heavy atom. The quantitative estimate of drug-likeness (QED) is 0.578. The van der Waals surface area contributed by atoms with E-state index in [1.54, 1.807) is 22.6 Å². The average Bonchev–Trinajstić information content (AvgIpc) is 3.61. The molecule has 1 saturated heterocycles. The van der Waals surface area contributed by atoms with Crippen LogP contribution < -0.4 is 5.32 Å². The number of benzene rings is 1. The second-order valence-corrected chi connectivity index (χ2v) is 9.78. The van der Waals surface area contributed by atoms with Crippen LogP contribution in [0.4, 0.5) is 0 Å². The summed E-state index contributed by atoms with van der Waals surface area (Å²) in [5.41, 5.74) is 2.61. The Labute approximate surface area is 203 Å².